The average molecular weight is 244 g/mol. The molecule has 0 aliphatic rings. The lowest BCUT2D eigenvalue weighted by Gasteiger charge is -2.11. The van der Waals surface area contributed by atoms with Crippen LogP contribution in [0, 0.1) is 0 Å². The Morgan fingerprint density at radius 1 is 1.47 bits per heavy atom. The Morgan fingerprint density at radius 3 is 2.40 bits per heavy atom. The Morgan fingerprint density at radius 2 is 2.00 bits per heavy atom. The highest BCUT2D eigenvalue weighted by atomic mass is 32.1. The van der Waals surface area contributed by atoms with Crippen molar-refractivity contribution in [3.63, 3.8) is 0 Å². The minimum atomic E-state index is -4.61. The van der Waals surface area contributed by atoms with E-state index in [2.05, 4.69) is 12.6 Å². The number of hydrogen-bond donors (Lipinski definition) is 1. The second kappa shape index (κ2) is 6.15. The quantitative estimate of drug-likeness (QED) is 0.430. The summed E-state index contributed by atoms with van der Waals surface area (Å²) in [6.07, 6.45) is -1.69. The summed E-state index contributed by atoms with van der Waals surface area (Å²) in [5.74, 6) is -6.50. The third-order valence-electron chi connectivity index (χ3n) is 1.69. The van der Waals surface area contributed by atoms with Crippen molar-refractivity contribution >= 4 is 18.4 Å². The number of allylic oxidation sites excluding steroid dienone is 2. The van der Waals surface area contributed by atoms with Crippen LogP contribution in [0.4, 0.5) is 17.6 Å². The molecule has 0 rings (SSSR count). The van der Waals surface area contributed by atoms with E-state index in [-0.39, 0.29) is 4.91 Å². The molecular weight excluding hydrogens is 232 g/mol. The molecule has 0 N–H and O–H groups in total. The molecule has 88 valence electrons. The molecular formula is C9H12F4OS. The van der Waals surface area contributed by atoms with Crippen molar-refractivity contribution in [1.82, 2.24) is 0 Å². The van der Waals surface area contributed by atoms with Gasteiger partial charge in [-0.1, -0.05) is 13.3 Å². The fourth-order valence-corrected chi connectivity index (χ4v) is 1.06. The Kier molecular flexibility index (Phi) is 5.93. The van der Waals surface area contributed by atoms with Crippen molar-refractivity contribution in [3.8, 4) is 0 Å². The molecule has 0 saturated heterocycles. The van der Waals surface area contributed by atoms with Gasteiger partial charge in [0, 0.05) is 0 Å². The summed E-state index contributed by atoms with van der Waals surface area (Å²) in [4.78, 5) is 10.8. The smallest absolute Gasteiger partial charge is 0.288 e. The largest absolute Gasteiger partial charge is 0.368 e. The third kappa shape index (κ3) is 4.68. The van der Waals surface area contributed by atoms with Crippen molar-refractivity contribution in [1.29, 1.82) is 0 Å². The fourth-order valence-electron chi connectivity index (χ4n) is 0.785. The lowest BCUT2D eigenvalue weighted by atomic mass is 10.1. The SMILES string of the molecule is CCCC/C(S)=C/C(=O)C(F)(F)C(F)F. The highest BCUT2D eigenvalue weighted by Gasteiger charge is 2.47. The van der Waals surface area contributed by atoms with E-state index in [1.165, 1.54) is 0 Å². The van der Waals surface area contributed by atoms with Gasteiger partial charge in [-0.15, -0.1) is 12.6 Å². The summed E-state index contributed by atoms with van der Waals surface area (Å²) in [5, 5.41) is 0. The zero-order valence-corrected chi connectivity index (χ0v) is 9.04. The second-order valence-electron chi connectivity index (χ2n) is 3.03. The van der Waals surface area contributed by atoms with Crippen molar-refractivity contribution in [2.75, 3.05) is 0 Å². The maximum absolute atomic E-state index is 12.4. The van der Waals surface area contributed by atoms with Crippen LogP contribution in [0.5, 0.6) is 0 Å². The number of unbranched alkanes of at least 4 members (excludes halogenated alkanes) is 1. The van der Waals surface area contributed by atoms with E-state index in [4.69, 9.17) is 0 Å². The number of carbonyl (C=O) groups excluding carboxylic acids is 1. The van der Waals surface area contributed by atoms with Gasteiger partial charge in [-0.3, -0.25) is 4.79 Å². The molecule has 0 aromatic rings. The first-order chi connectivity index (χ1) is 6.82. The first-order valence-corrected chi connectivity index (χ1v) is 4.87. The van der Waals surface area contributed by atoms with Gasteiger partial charge in [0.05, 0.1) is 0 Å². The summed E-state index contributed by atoms with van der Waals surface area (Å²) in [7, 11) is 0. The second-order valence-corrected chi connectivity index (χ2v) is 3.60. The molecule has 0 spiro atoms. The van der Waals surface area contributed by atoms with Crippen LogP contribution >= 0.6 is 12.6 Å². The first kappa shape index (κ1) is 14.5. The molecule has 0 aliphatic heterocycles. The molecule has 0 unspecified atom stereocenters. The molecule has 15 heavy (non-hydrogen) atoms. The van der Waals surface area contributed by atoms with E-state index in [9.17, 15) is 22.4 Å². The molecule has 0 fully saturated rings. The van der Waals surface area contributed by atoms with Crippen molar-refractivity contribution in [2.45, 2.75) is 38.5 Å². The van der Waals surface area contributed by atoms with Gasteiger partial charge in [0.2, 0.25) is 5.78 Å². The number of hydrogen-bond acceptors (Lipinski definition) is 2. The minimum absolute atomic E-state index is 0.0992. The lowest BCUT2D eigenvalue weighted by Crippen LogP contribution is -2.35. The van der Waals surface area contributed by atoms with Gasteiger partial charge < -0.3 is 0 Å². The number of halogens is 4. The van der Waals surface area contributed by atoms with Crippen LogP contribution in [0.1, 0.15) is 26.2 Å². The zero-order chi connectivity index (χ0) is 12.1. The van der Waals surface area contributed by atoms with Crippen LogP contribution in [-0.2, 0) is 4.79 Å². The first-order valence-electron chi connectivity index (χ1n) is 4.42. The molecule has 0 bridgehead atoms. The molecule has 0 aromatic carbocycles. The summed E-state index contributed by atoms with van der Waals surface area (Å²) >= 11 is 3.77. The van der Waals surface area contributed by atoms with E-state index in [0.29, 0.717) is 18.9 Å². The maximum Gasteiger partial charge on any atom is 0.368 e. The number of alkyl halides is 4. The minimum Gasteiger partial charge on any atom is -0.288 e. The molecule has 0 aliphatic carbocycles. The van der Waals surface area contributed by atoms with E-state index in [1.807, 2.05) is 6.92 Å². The molecule has 0 aromatic heterocycles. The van der Waals surface area contributed by atoms with Crippen LogP contribution in [0.25, 0.3) is 0 Å². The van der Waals surface area contributed by atoms with Crippen LogP contribution in [0.2, 0.25) is 0 Å². The summed E-state index contributed by atoms with van der Waals surface area (Å²) in [6, 6.07) is 0. The molecule has 0 amide bonds. The van der Waals surface area contributed by atoms with E-state index in [1.54, 1.807) is 0 Å². The molecule has 0 saturated carbocycles. The topological polar surface area (TPSA) is 17.1 Å². The average Bonchev–Trinajstić information content (AvgIpc) is 2.14. The van der Waals surface area contributed by atoms with E-state index >= 15 is 0 Å². The predicted molar refractivity (Wildman–Crippen MR) is 52.6 cm³/mol. The monoisotopic (exact) mass is 244 g/mol. The molecule has 0 radical (unpaired) electrons. The van der Waals surface area contributed by atoms with Crippen molar-refractivity contribution in [3.05, 3.63) is 11.0 Å². The molecule has 6 heteroatoms. The molecule has 0 atom stereocenters. The normalized spacial score (nSPS) is 13.4. The standard InChI is InChI=1S/C9H12F4OS/c1-2-3-4-6(15)5-7(14)9(12,13)8(10)11/h5,8,15H,2-4H2,1H3/b6-5-. The molecule has 0 heterocycles. The number of carbonyl (C=O) groups is 1. The van der Waals surface area contributed by atoms with Gasteiger partial charge in [0.15, 0.2) is 0 Å². The Balaban J connectivity index is 4.46. The number of thiol groups is 1. The fraction of sp³-hybridized carbons (Fsp3) is 0.667. The van der Waals surface area contributed by atoms with E-state index < -0.39 is 18.1 Å². The number of rotatable bonds is 6. The third-order valence-corrected chi connectivity index (χ3v) is 2.04. The maximum atomic E-state index is 12.4. The van der Waals surface area contributed by atoms with Gasteiger partial charge in [0.1, 0.15) is 0 Å². The summed E-state index contributed by atoms with van der Waals surface area (Å²) < 4.78 is 48.4. The van der Waals surface area contributed by atoms with Gasteiger partial charge in [-0.25, -0.2) is 8.78 Å². The van der Waals surface area contributed by atoms with Crippen molar-refractivity contribution in [2.24, 2.45) is 0 Å². The van der Waals surface area contributed by atoms with Gasteiger partial charge in [-0.05, 0) is 23.8 Å². The molecule has 1 nitrogen and oxygen atoms in total. The van der Waals surface area contributed by atoms with Gasteiger partial charge in [-0.2, -0.15) is 8.78 Å². The number of ketones is 1. The van der Waals surface area contributed by atoms with Crippen molar-refractivity contribution < 1.29 is 22.4 Å². The van der Waals surface area contributed by atoms with Crippen LogP contribution in [-0.4, -0.2) is 18.1 Å². The highest BCUT2D eigenvalue weighted by Crippen LogP contribution is 2.25. The Hall–Kier alpha value is -0.520. The van der Waals surface area contributed by atoms with Crippen LogP contribution < -0.4 is 0 Å². The highest BCUT2D eigenvalue weighted by molar-refractivity contribution is 7.84. The van der Waals surface area contributed by atoms with Crippen LogP contribution in [0.15, 0.2) is 11.0 Å². The summed E-state index contributed by atoms with van der Waals surface area (Å²) in [5.41, 5.74) is 0. The Bertz CT molecular complexity index is 250. The van der Waals surface area contributed by atoms with Crippen LogP contribution in [0.3, 0.4) is 0 Å². The lowest BCUT2D eigenvalue weighted by molar-refractivity contribution is -0.161. The zero-order valence-electron chi connectivity index (χ0n) is 8.14. The van der Waals surface area contributed by atoms with Gasteiger partial charge >= 0.3 is 12.3 Å². The van der Waals surface area contributed by atoms with Gasteiger partial charge in [0.25, 0.3) is 0 Å². The summed E-state index contributed by atoms with van der Waals surface area (Å²) in [6.45, 7) is 1.87. The predicted octanol–water partition coefficient (Wildman–Crippen LogP) is 3.46. The Labute approximate surface area is 90.9 Å². The van der Waals surface area contributed by atoms with E-state index in [0.717, 1.165) is 6.42 Å².